The first-order chi connectivity index (χ1) is 14.6. The highest BCUT2D eigenvalue weighted by Crippen LogP contribution is 2.27. The van der Waals surface area contributed by atoms with Crippen molar-refractivity contribution in [1.82, 2.24) is 10.3 Å². The highest BCUT2D eigenvalue weighted by molar-refractivity contribution is 7.13. The fourth-order valence-corrected chi connectivity index (χ4v) is 3.93. The van der Waals surface area contributed by atoms with Crippen molar-refractivity contribution in [3.05, 3.63) is 70.7 Å². The molecule has 8 heteroatoms. The van der Waals surface area contributed by atoms with Crippen LogP contribution in [-0.4, -0.2) is 30.1 Å². The average molecular weight is 430 g/mol. The van der Waals surface area contributed by atoms with Gasteiger partial charge in [0, 0.05) is 24.1 Å². The first kappa shape index (κ1) is 20.4. The maximum atomic E-state index is 13.3. The molecule has 1 N–H and O–H groups in total. The van der Waals surface area contributed by atoms with E-state index in [-0.39, 0.29) is 18.6 Å². The molecule has 1 aliphatic heterocycles. The summed E-state index contributed by atoms with van der Waals surface area (Å²) in [6.07, 6.45) is 2.06. The smallest absolute Gasteiger partial charge is 0.270 e. The van der Waals surface area contributed by atoms with Gasteiger partial charge in [-0.15, -0.1) is 11.3 Å². The van der Waals surface area contributed by atoms with Crippen LogP contribution in [0.25, 0.3) is 10.6 Å². The van der Waals surface area contributed by atoms with E-state index >= 15 is 0 Å². The number of amides is 1. The minimum Gasteiger partial charge on any atom is -0.489 e. The van der Waals surface area contributed by atoms with Gasteiger partial charge in [-0.25, -0.2) is 13.8 Å². The number of benzene rings is 2. The number of carbonyl (C=O) groups is 1. The van der Waals surface area contributed by atoms with E-state index in [9.17, 15) is 13.6 Å². The molecule has 1 saturated heterocycles. The minimum absolute atomic E-state index is 0.0791. The van der Waals surface area contributed by atoms with E-state index in [4.69, 9.17) is 9.47 Å². The predicted molar refractivity (Wildman–Crippen MR) is 110 cm³/mol. The first-order valence-electron chi connectivity index (χ1n) is 9.61. The van der Waals surface area contributed by atoms with Crippen LogP contribution in [0.15, 0.2) is 47.8 Å². The van der Waals surface area contributed by atoms with E-state index in [0.717, 1.165) is 37.1 Å². The summed E-state index contributed by atoms with van der Waals surface area (Å²) in [5, 5.41) is 5.27. The Hall–Kier alpha value is -2.84. The standard InChI is InChI=1S/C22H20F2N2O3S/c23-18-7-6-14(9-19(18)24)12-29-16-4-1-3-15(10-16)22-26-20(13-30-22)21(27)25-11-17-5-2-8-28-17/h1,3-4,6-7,9-10,13,17H,2,5,8,11-12H2,(H,25,27)/t17-/m1/s1. The Kier molecular flexibility index (Phi) is 6.35. The van der Waals surface area contributed by atoms with Gasteiger partial charge in [0.05, 0.1) is 6.10 Å². The molecule has 1 fully saturated rings. The van der Waals surface area contributed by atoms with Gasteiger partial charge in [0.2, 0.25) is 0 Å². The Balaban J connectivity index is 1.38. The molecule has 5 nitrogen and oxygen atoms in total. The van der Waals surface area contributed by atoms with Crippen molar-refractivity contribution >= 4 is 17.2 Å². The third-order valence-corrected chi connectivity index (χ3v) is 5.61. The van der Waals surface area contributed by atoms with Crippen molar-refractivity contribution in [3.8, 4) is 16.3 Å². The van der Waals surface area contributed by atoms with Gasteiger partial charge < -0.3 is 14.8 Å². The summed E-state index contributed by atoms with van der Waals surface area (Å²) in [6.45, 7) is 1.34. The molecular weight excluding hydrogens is 410 g/mol. The second kappa shape index (κ2) is 9.32. The topological polar surface area (TPSA) is 60.5 Å². The highest BCUT2D eigenvalue weighted by Gasteiger charge is 2.18. The zero-order valence-electron chi connectivity index (χ0n) is 16.1. The Morgan fingerprint density at radius 2 is 2.13 bits per heavy atom. The second-order valence-corrected chi connectivity index (χ2v) is 7.81. The molecule has 3 aromatic rings. The predicted octanol–water partition coefficient (Wildman–Crippen LogP) is 4.58. The fourth-order valence-electron chi connectivity index (χ4n) is 3.13. The maximum Gasteiger partial charge on any atom is 0.270 e. The molecule has 1 aliphatic rings. The lowest BCUT2D eigenvalue weighted by molar-refractivity contribution is 0.0854. The fraction of sp³-hybridized carbons (Fsp3) is 0.273. The van der Waals surface area contributed by atoms with Crippen molar-refractivity contribution < 1.29 is 23.0 Å². The third kappa shape index (κ3) is 5.01. The summed E-state index contributed by atoms with van der Waals surface area (Å²) >= 11 is 1.37. The van der Waals surface area contributed by atoms with Crippen LogP contribution in [-0.2, 0) is 11.3 Å². The summed E-state index contributed by atoms with van der Waals surface area (Å²) < 4.78 is 37.6. The molecule has 156 valence electrons. The molecule has 1 amide bonds. The number of halogens is 2. The number of ether oxygens (including phenoxy) is 2. The lowest BCUT2D eigenvalue weighted by Gasteiger charge is -2.09. The van der Waals surface area contributed by atoms with Crippen molar-refractivity contribution in [1.29, 1.82) is 0 Å². The first-order valence-corrected chi connectivity index (χ1v) is 10.5. The average Bonchev–Trinajstić information content (AvgIpc) is 3.45. The van der Waals surface area contributed by atoms with Gasteiger partial charge in [-0.2, -0.15) is 0 Å². The summed E-state index contributed by atoms with van der Waals surface area (Å²) in [5.41, 5.74) is 1.70. The van der Waals surface area contributed by atoms with Crippen LogP contribution in [0.3, 0.4) is 0 Å². The number of rotatable bonds is 7. The normalized spacial score (nSPS) is 15.9. The monoisotopic (exact) mass is 430 g/mol. The van der Waals surface area contributed by atoms with E-state index in [2.05, 4.69) is 10.3 Å². The van der Waals surface area contributed by atoms with Crippen molar-refractivity contribution in [2.24, 2.45) is 0 Å². The maximum absolute atomic E-state index is 13.3. The molecular formula is C22H20F2N2O3S. The second-order valence-electron chi connectivity index (χ2n) is 6.95. The third-order valence-electron chi connectivity index (χ3n) is 4.72. The molecule has 1 atom stereocenters. The van der Waals surface area contributed by atoms with Gasteiger partial charge in [0.25, 0.3) is 5.91 Å². The summed E-state index contributed by atoms with van der Waals surface area (Å²) in [7, 11) is 0. The number of hydrogen-bond acceptors (Lipinski definition) is 5. The van der Waals surface area contributed by atoms with E-state index in [1.165, 1.54) is 17.4 Å². The molecule has 2 aromatic carbocycles. The van der Waals surface area contributed by atoms with Crippen LogP contribution in [0.2, 0.25) is 0 Å². The number of carbonyl (C=O) groups excluding carboxylic acids is 1. The highest BCUT2D eigenvalue weighted by atomic mass is 32.1. The summed E-state index contributed by atoms with van der Waals surface area (Å²) in [5.74, 6) is -1.45. The van der Waals surface area contributed by atoms with Crippen molar-refractivity contribution in [2.45, 2.75) is 25.6 Å². The number of aromatic nitrogens is 1. The molecule has 4 rings (SSSR count). The van der Waals surface area contributed by atoms with Gasteiger partial charge in [-0.1, -0.05) is 18.2 Å². The SMILES string of the molecule is O=C(NC[C@H]1CCCO1)c1csc(-c2cccc(OCc3ccc(F)c(F)c3)c2)n1. The van der Waals surface area contributed by atoms with Crippen molar-refractivity contribution in [3.63, 3.8) is 0 Å². The molecule has 2 heterocycles. The van der Waals surface area contributed by atoms with Crippen LogP contribution >= 0.6 is 11.3 Å². The number of thiazole rings is 1. The van der Waals surface area contributed by atoms with Gasteiger partial charge in [-0.05, 0) is 42.7 Å². The Bertz CT molecular complexity index is 1030. The largest absolute Gasteiger partial charge is 0.489 e. The molecule has 1 aromatic heterocycles. The minimum atomic E-state index is -0.905. The van der Waals surface area contributed by atoms with Crippen LogP contribution in [0.5, 0.6) is 5.75 Å². The molecule has 0 saturated carbocycles. The van der Waals surface area contributed by atoms with Crippen LogP contribution in [0, 0.1) is 11.6 Å². The lowest BCUT2D eigenvalue weighted by Crippen LogP contribution is -2.31. The zero-order valence-corrected chi connectivity index (χ0v) is 16.9. The van der Waals surface area contributed by atoms with Crippen molar-refractivity contribution in [2.75, 3.05) is 13.2 Å². The number of hydrogen-bond donors (Lipinski definition) is 1. The molecule has 0 aliphatic carbocycles. The van der Waals surface area contributed by atoms with Gasteiger partial charge in [0.15, 0.2) is 11.6 Å². The lowest BCUT2D eigenvalue weighted by atomic mass is 10.2. The Labute approximate surface area is 176 Å². The van der Waals surface area contributed by atoms with E-state index in [1.54, 1.807) is 17.5 Å². The van der Waals surface area contributed by atoms with E-state index < -0.39 is 11.6 Å². The molecule has 0 spiro atoms. The van der Waals surface area contributed by atoms with Crippen LogP contribution < -0.4 is 10.1 Å². The molecule has 0 bridgehead atoms. The summed E-state index contributed by atoms with van der Waals surface area (Å²) in [4.78, 5) is 16.7. The number of nitrogens with one attached hydrogen (secondary N) is 1. The van der Waals surface area contributed by atoms with E-state index in [1.807, 2.05) is 12.1 Å². The summed E-state index contributed by atoms with van der Waals surface area (Å²) in [6, 6.07) is 10.9. The van der Waals surface area contributed by atoms with Gasteiger partial charge >= 0.3 is 0 Å². The number of nitrogens with zero attached hydrogens (tertiary/aromatic N) is 1. The van der Waals surface area contributed by atoms with Gasteiger partial charge in [-0.3, -0.25) is 4.79 Å². The Morgan fingerprint density at radius 1 is 1.23 bits per heavy atom. The van der Waals surface area contributed by atoms with E-state index in [0.29, 0.717) is 28.6 Å². The van der Waals surface area contributed by atoms with Crippen LogP contribution in [0.4, 0.5) is 8.78 Å². The van der Waals surface area contributed by atoms with Crippen LogP contribution in [0.1, 0.15) is 28.9 Å². The molecule has 30 heavy (non-hydrogen) atoms. The Morgan fingerprint density at radius 3 is 2.93 bits per heavy atom. The molecule has 0 unspecified atom stereocenters. The molecule has 0 radical (unpaired) electrons. The van der Waals surface area contributed by atoms with Gasteiger partial charge in [0.1, 0.15) is 23.1 Å². The quantitative estimate of drug-likeness (QED) is 0.596. The zero-order chi connectivity index (χ0) is 20.9.